The Morgan fingerprint density at radius 2 is 1.91 bits per heavy atom. The standard InChI is InChI=1S/C19H18N2O2/c1-12-7-8-15(11-13(12)2)19-16(9-10-18(22)23)21-14(3)5-4-6-17(21)20-19/h4-11H,1-3H3,(H,22,23)/b10-9+. The first-order chi connectivity index (χ1) is 11.0. The fourth-order valence-electron chi connectivity index (χ4n) is 2.69. The van der Waals surface area contributed by atoms with Crippen LogP contribution < -0.4 is 0 Å². The molecule has 2 heterocycles. The summed E-state index contributed by atoms with van der Waals surface area (Å²) in [5.74, 6) is -0.973. The molecule has 0 aliphatic heterocycles. The Morgan fingerprint density at radius 3 is 2.61 bits per heavy atom. The summed E-state index contributed by atoms with van der Waals surface area (Å²) >= 11 is 0. The van der Waals surface area contributed by atoms with Crippen LogP contribution in [0.5, 0.6) is 0 Å². The molecule has 0 atom stereocenters. The highest BCUT2D eigenvalue weighted by atomic mass is 16.4. The van der Waals surface area contributed by atoms with Crippen LogP contribution in [0.15, 0.2) is 42.5 Å². The van der Waals surface area contributed by atoms with Crippen molar-refractivity contribution in [1.29, 1.82) is 0 Å². The van der Waals surface area contributed by atoms with Gasteiger partial charge in [0.25, 0.3) is 0 Å². The van der Waals surface area contributed by atoms with Crippen molar-refractivity contribution in [3.8, 4) is 11.3 Å². The van der Waals surface area contributed by atoms with Gasteiger partial charge in [-0.1, -0.05) is 18.2 Å². The number of rotatable bonds is 3. The van der Waals surface area contributed by atoms with E-state index < -0.39 is 5.97 Å². The molecule has 0 spiro atoms. The lowest BCUT2D eigenvalue weighted by Gasteiger charge is -2.05. The number of imidazole rings is 1. The van der Waals surface area contributed by atoms with Crippen molar-refractivity contribution in [2.45, 2.75) is 20.8 Å². The van der Waals surface area contributed by atoms with Gasteiger partial charge in [0.05, 0.1) is 11.4 Å². The number of carboxylic acids is 1. The highest BCUT2D eigenvalue weighted by Gasteiger charge is 2.14. The van der Waals surface area contributed by atoms with Crippen LogP contribution in [0.25, 0.3) is 23.0 Å². The van der Waals surface area contributed by atoms with Crippen LogP contribution in [0.1, 0.15) is 22.5 Å². The molecule has 0 bridgehead atoms. The average Bonchev–Trinajstić information content (AvgIpc) is 2.88. The average molecular weight is 306 g/mol. The summed E-state index contributed by atoms with van der Waals surface area (Å²) in [6.07, 6.45) is 2.76. The van der Waals surface area contributed by atoms with Gasteiger partial charge in [0.2, 0.25) is 0 Å². The maximum Gasteiger partial charge on any atom is 0.328 e. The van der Waals surface area contributed by atoms with E-state index in [0.29, 0.717) is 0 Å². The molecule has 1 N–H and O–H groups in total. The van der Waals surface area contributed by atoms with Crippen molar-refractivity contribution in [1.82, 2.24) is 9.38 Å². The quantitative estimate of drug-likeness (QED) is 0.743. The molecule has 0 aliphatic carbocycles. The predicted molar refractivity (Wildman–Crippen MR) is 91.5 cm³/mol. The van der Waals surface area contributed by atoms with Crippen molar-refractivity contribution in [3.63, 3.8) is 0 Å². The number of carboxylic acid groups (broad SMARTS) is 1. The highest BCUT2D eigenvalue weighted by molar-refractivity contribution is 5.87. The second kappa shape index (κ2) is 5.72. The van der Waals surface area contributed by atoms with Crippen molar-refractivity contribution in [2.75, 3.05) is 0 Å². The molecule has 3 rings (SSSR count). The van der Waals surface area contributed by atoms with E-state index in [1.807, 2.05) is 35.6 Å². The molecule has 4 nitrogen and oxygen atoms in total. The number of aromatic nitrogens is 2. The van der Waals surface area contributed by atoms with Gasteiger partial charge in [-0.2, -0.15) is 0 Å². The number of aryl methyl sites for hydroxylation is 3. The van der Waals surface area contributed by atoms with E-state index in [-0.39, 0.29) is 0 Å². The van der Waals surface area contributed by atoms with E-state index in [2.05, 4.69) is 26.0 Å². The molecule has 1 aromatic carbocycles. The Hall–Kier alpha value is -2.88. The van der Waals surface area contributed by atoms with E-state index >= 15 is 0 Å². The number of carbonyl (C=O) groups is 1. The van der Waals surface area contributed by atoms with Crippen LogP contribution >= 0.6 is 0 Å². The predicted octanol–water partition coefficient (Wildman–Crippen LogP) is 4.02. The second-order valence-electron chi connectivity index (χ2n) is 5.68. The Kier molecular flexibility index (Phi) is 3.74. The van der Waals surface area contributed by atoms with Gasteiger partial charge >= 0.3 is 5.97 Å². The summed E-state index contributed by atoms with van der Waals surface area (Å²) in [5.41, 5.74) is 6.78. The third kappa shape index (κ3) is 2.75. The molecule has 0 saturated carbocycles. The molecule has 0 unspecified atom stereocenters. The molecular formula is C19H18N2O2. The Morgan fingerprint density at radius 1 is 1.13 bits per heavy atom. The lowest BCUT2D eigenvalue weighted by Crippen LogP contribution is -1.95. The minimum absolute atomic E-state index is 0.781. The van der Waals surface area contributed by atoms with Gasteiger partial charge in [0.1, 0.15) is 5.65 Å². The van der Waals surface area contributed by atoms with Gasteiger partial charge < -0.3 is 5.11 Å². The molecule has 0 radical (unpaired) electrons. The first-order valence-electron chi connectivity index (χ1n) is 7.44. The monoisotopic (exact) mass is 306 g/mol. The van der Waals surface area contributed by atoms with Crippen molar-refractivity contribution >= 4 is 17.7 Å². The molecule has 116 valence electrons. The maximum absolute atomic E-state index is 10.9. The number of fused-ring (bicyclic) bond motifs is 1. The third-order valence-electron chi connectivity index (χ3n) is 4.04. The fraction of sp³-hybridized carbons (Fsp3) is 0.158. The second-order valence-corrected chi connectivity index (χ2v) is 5.68. The van der Waals surface area contributed by atoms with Gasteiger partial charge in [-0.3, -0.25) is 4.40 Å². The largest absolute Gasteiger partial charge is 0.478 e. The molecule has 2 aromatic heterocycles. The number of hydrogen-bond acceptors (Lipinski definition) is 2. The number of hydrogen-bond donors (Lipinski definition) is 1. The van der Waals surface area contributed by atoms with Gasteiger partial charge in [-0.25, -0.2) is 9.78 Å². The zero-order valence-electron chi connectivity index (χ0n) is 13.4. The Labute approximate surface area is 134 Å². The SMILES string of the molecule is Cc1ccc(-c2nc3cccc(C)n3c2/C=C/C(=O)O)cc1C. The maximum atomic E-state index is 10.9. The molecule has 23 heavy (non-hydrogen) atoms. The van der Waals surface area contributed by atoms with E-state index in [9.17, 15) is 4.79 Å². The van der Waals surface area contributed by atoms with Gasteiger partial charge in [-0.15, -0.1) is 0 Å². The first-order valence-corrected chi connectivity index (χ1v) is 7.44. The van der Waals surface area contributed by atoms with Crippen LogP contribution in [0.4, 0.5) is 0 Å². The Balaban J connectivity index is 2.30. The summed E-state index contributed by atoms with van der Waals surface area (Å²) in [6.45, 7) is 6.11. The van der Waals surface area contributed by atoms with Crippen LogP contribution in [-0.4, -0.2) is 20.5 Å². The van der Waals surface area contributed by atoms with E-state index in [4.69, 9.17) is 10.1 Å². The minimum atomic E-state index is -0.973. The van der Waals surface area contributed by atoms with Crippen molar-refractivity contribution in [3.05, 3.63) is 65.0 Å². The Bertz CT molecular complexity index is 936. The summed E-state index contributed by atoms with van der Waals surface area (Å²) in [7, 11) is 0. The molecule has 0 aliphatic rings. The van der Waals surface area contributed by atoms with Crippen molar-refractivity contribution < 1.29 is 9.90 Å². The third-order valence-corrected chi connectivity index (χ3v) is 4.04. The topological polar surface area (TPSA) is 54.6 Å². The molecular weight excluding hydrogens is 288 g/mol. The molecule has 4 heteroatoms. The number of aliphatic carboxylic acids is 1. The van der Waals surface area contributed by atoms with Gasteiger partial charge in [-0.05, 0) is 56.2 Å². The molecule has 0 fully saturated rings. The number of nitrogens with zero attached hydrogens (tertiary/aromatic N) is 2. The fourth-order valence-corrected chi connectivity index (χ4v) is 2.69. The van der Waals surface area contributed by atoms with Crippen molar-refractivity contribution in [2.24, 2.45) is 0 Å². The lowest BCUT2D eigenvalue weighted by molar-refractivity contribution is -0.131. The number of benzene rings is 1. The number of pyridine rings is 1. The minimum Gasteiger partial charge on any atom is -0.478 e. The van der Waals surface area contributed by atoms with Crippen LogP contribution in [-0.2, 0) is 4.79 Å². The van der Waals surface area contributed by atoms with E-state index in [1.54, 1.807) is 6.08 Å². The summed E-state index contributed by atoms with van der Waals surface area (Å²) in [4.78, 5) is 15.7. The summed E-state index contributed by atoms with van der Waals surface area (Å²) in [5, 5.41) is 8.98. The molecule has 0 saturated heterocycles. The highest BCUT2D eigenvalue weighted by Crippen LogP contribution is 2.28. The normalized spacial score (nSPS) is 11.4. The summed E-state index contributed by atoms with van der Waals surface area (Å²) < 4.78 is 1.98. The van der Waals surface area contributed by atoms with Crippen LogP contribution in [0.2, 0.25) is 0 Å². The van der Waals surface area contributed by atoms with E-state index in [1.165, 1.54) is 11.1 Å². The van der Waals surface area contributed by atoms with Gasteiger partial charge in [0, 0.05) is 17.3 Å². The van der Waals surface area contributed by atoms with Crippen LogP contribution in [0.3, 0.4) is 0 Å². The first kappa shape index (κ1) is 15.0. The van der Waals surface area contributed by atoms with Crippen LogP contribution in [0, 0.1) is 20.8 Å². The van der Waals surface area contributed by atoms with Gasteiger partial charge in [0.15, 0.2) is 0 Å². The molecule has 0 amide bonds. The van der Waals surface area contributed by atoms with E-state index in [0.717, 1.165) is 34.4 Å². The summed E-state index contributed by atoms with van der Waals surface area (Å²) in [6, 6.07) is 12.0. The zero-order valence-corrected chi connectivity index (χ0v) is 13.4. The lowest BCUT2D eigenvalue weighted by atomic mass is 10.0. The zero-order chi connectivity index (χ0) is 16.6. The smallest absolute Gasteiger partial charge is 0.328 e. The molecule has 3 aromatic rings.